The molecule has 20 heavy (non-hydrogen) atoms. The molecule has 1 aromatic rings. The van der Waals surface area contributed by atoms with Crippen molar-refractivity contribution in [1.29, 1.82) is 0 Å². The molecule has 3 nitrogen and oxygen atoms in total. The maximum atomic E-state index is 8.73. The second kappa shape index (κ2) is 9.41. The summed E-state index contributed by atoms with van der Waals surface area (Å²) < 4.78 is 11.0. The van der Waals surface area contributed by atoms with Crippen molar-refractivity contribution in [2.75, 3.05) is 20.3 Å². The molecule has 1 N–H and O–H groups in total. The first-order valence-electron chi connectivity index (χ1n) is 7.01. The van der Waals surface area contributed by atoms with Gasteiger partial charge in [-0.2, -0.15) is 0 Å². The third-order valence-corrected chi connectivity index (χ3v) is 2.85. The zero-order valence-electron chi connectivity index (χ0n) is 12.6. The second-order valence-corrected chi connectivity index (χ2v) is 5.04. The number of methoxy groups -OCH3 is 1. The van der Waals surface area contributed by atoms with Crippen LogP contribution in [-0.4, -0.2) is 25.4 Å². The fourth-order valence-electron chi connectivity index (χ4n) is 1.69. The highest BCUT2D eigenvalue weighted by molar-refractivity contribution is 5.43. The zero-order chi connectivity index (χ0) is 14.8. The Kier molecular flexibility index (Phi) is 7.79. The Bertz CT molecular complexity index is 455. The van der Waals surface area contributed by atoms with Gasteiger partial charge in [-0.15, -0.1) is 0 Å². The molecular weight excluding hydrogens is 252 g/mol. The van der Waals surface area contributed by atoms with Gasteiger partial charge in [0, 0.05) is 24.2 Å². The summed E-state index contributed by atoms with van der Waals surface area (Å²) in [6.45, 7) is 5.74. The van der Waals surface area contributed by atoms with E-state index in [9.17, 15) is 0 Å². The Hall–Kier alpha value is -1.50. The lowest BCUT2D eigenvalue weighted by Gasteiger charge is -2.10. The molecule has 0 aromatic heterocycles. The van der Waals surface area contributed by atoms with Crippen molar-refractivity contribution in [2.45, 2.75) is 33.3 Å². The fourth-order valence-corrected chi connectivity index (χ4v) is 1.69. The van der Waals surface area contributed by atoms with Crippen LogP contribution in [0.25, 0.3) is 0 Å². The van der Waals surface area contributed by atoms with Crippen LogP contribution in [-0.2, 0) is 11.3 Å². The number of benzene rings is 1. The third-order valence-electron chi connectivity index (χ3n) is 2.85. The molecule has 0 aliphatic carbocycles. The Morgan fingerprint density at radius 1 is 1.30 bits per heavy atom. The van der Waals surface area contributed by atoms with Crippen LogP contribution in [0.3, 0.4) is 0 Å². The summed E-state index contributed by atoms with van der Waals surface area (Å²) in [5, 5.41) is 8.73. The average Bonchev–Trinajstić information content (AvgIpc) is 2.44. The van der Waals surface area contributed by atoms with Gasteiger partial charge < -0.3 is 14.6 Å². The van der Waals surface area contributed by atoms with Gasteiger partial charge >= 0.3 is 0 Å². The van der Waals surface area contributed by atoms with Gasteiger partial charge in [0.1, 0.15) is 5.75 Å². The zero-order valence-corrected chi connectivity index (χ0v) is 12.6. The third kappa shape index (κ3) is 6.10. The van der Waals surface area contributed by atoms with Crippen molar-refractivity contribution in [2.24, 2.45) is 5.92 Å². The van der Waals surface area contributed by atoms with Crippen LogP contribution in [0.4, 0.5) is 0 Å². The van der Waals surface area contributed by atoms with Gasteiger partial charge in [-0.05, 0) is 30.5 Å². The van der Waals surface area contributed by atoms with E-state index in [2.05, 4.69) is 25.7 Å². The van der Waals surface area contributed by atoms with Gasteiger partial charge in [-0.1, -0.05) is 25.7 Å². The van der Waals surface area contributed by atoms with Gasteiger partial charge in [-0.25, -0.2) is 0 Å². The minimum Gasteiger partial charge on any atom is -0.496 e. The van der Waals surface area contributed by atoms with Crippen molar-refractivity contribution >= 4 is 0 Å². The highest BCUT2D eigenvalue weighted by Gasteiger charge is 2.04. The Labute approximate surface area is 121 Å². The van der Waals surface area contributed by atoms with E-state index in [1.54, 1.807) is 7.11 Å². The van der Waals surface area contributed by atoms with Crippen LogP contribution in [0, 0.1) is 17.8 Å². The lowest BCUT2D eigenvalue weighted by atomic mass is 10.1. The number of aliphatic hydroxyl groups excluding tert-OH is 1. The van der Waals surface area contributed by atoms with Crippen LogP contribution in [0.15, 0.2) is 18.2 Å². The van der Waals surface area contributed by atoms with E-state index in [0.717, 1.165) is 29.9 Å². The van der Waals surface area contributed by atoms with Gasteiger partial charge in [0.25, 0.3) is 0 Å². The summed E-state index contributed by atoms with van der Waals surface area (Å²) in [6.07, 6.45) is 1.55. The molecule has 1 aromatic carbocycles. The first-order chi connectivity index (χ1) is 9.67. The van der Waals surface area contributed by atoms with Gasteiger partial charge in [0.05, 0.1) is 20.3 Å². The molecule has 0 atom stereocenters. The topological polar surface area (TPSA) is 38.7 Å². The van der Waals surface area contributed by atoms with E-state index < -0.39 is 0 Å². The number of aliphatic hydroxyl groups is 1. The maximum Gasteiger partial charge on any atom is 0.124 e. The molecule has 0 aliphatic heterocycles. The first-order valence-corrected chi connectivity index (χ1v) is 7.01. The van der Waals surface area contributed by atoms with Gasteiger partial charge in [-0.3, -0.25) is 0 Å². The molecule has 0 heterocycles. The highest BCUT2D eigenvalue weighted by Crippen LogP contribution is 2.20. The lowest BCUT2D eigenvalue weighted by Crippen LogP contribution is -2.01. The molecule has 0 radical (unpaired) electrons. The van der Waals surface area contributed by atoms with Crippen LogP contribution in [0.1, 0.15) is 37.8 Å². The van der Waals surface area contributed by atoms with Crippen molar-refractivity contribution in [3.8, 4) is 17.6 Å². The SMILES string of the molecule is COc1ccc(C#CCCO)cc1COCCC(C)C. The molecule has 0 saturated heterocycles. The molecule has 0 saturated carbocycles. The summed E-state index contributed by atoms with van der Waals surface area (Å²) in [7, 11) is 1.66. The van der Waals surface area contributed by atoms with E-state index in [-0.39, 0.29) is 6.61 Å². The predicted octanol–water partition coefficient (Wildman–Crippen LogP) is 2.99. The molecule has 1 rings (SSSR count). The average molecular weight is 276 g/mol. The van der Waals surface area contributed by atoms with E-state index in [0.29, 0.717) is 18.9 Å². The number of ether oxygens (including phenoxy) is 2. The molecular formula is C17H24O3. The minimum absolute atomic E-state index is 0.0916. The molecule has 0 amide bonds. The number of hydrogen-bond acceptors (Lipinski definition) is 3. The minimum atomic E-state index is 0.0916. The van der Waals surface area contributed by atoms with E-state index in [1.165, 1.54) is 0 Å². The summed E-state index contributed by atoms with van der Waals surface area (Å²) in [6, 6.07) is 5.81. The maximum absolute atomic E-state index is 8.73. The lowest BCUT2D eigenvalue weighted by molar-refractivity contribution is 0.109. The Balaban J connectivity index is 2.66. The highest BCUT2D eigenvalue weighted by atomic mass is 16.5. The molecule has 3 heteroatoms. The van der Waals surface area contributed by atoms with Crippen LogP contribution in [0.2, 0.25) is 0 Å². The predicted molar refractivity (Wildman–Crippen MR) is 80.7 cm³/mol. The summed E-state index contributed by atoms with van der Waals surface area (Å²) in [5.74, 6) is 7.41. The van der Waals surface area contributed by atoms with Gasteiger partial charge in [0.15, 0.2) is 0 Å². The standard InChI is InChI=1S/C17H24O3/c1-14(2)9-11-20-13-16-12-15(6-4-5-10-18)7-8-17(16)19-3/h7-8,12,14,18H,5,9-11,13H2,1-3H3. The summed E-state index contributed by atoms with van der Waals surface area (Å²) in [4.78, 5) is 0. The van der Waals surface area contributed by atoms with Crippen LogP contribution in [0.5, 0.6) is 5.75 Å². The van der Waals surface area contributed by atoms with Crippen molar-refractivity contribution in [3.63, 3.8) is 0 Å². The monoisotopic (exact) mass is 276 g/mol. The molecule has 0 bridgehead atoms. The van der Waals surface area contributed by atoms with Crippen molar-refractivity contribution in [3.05, 3.63) is 29.3 Å². The molecule has 0 unspecified atom stereocenters. The quantitative estimate of drug-likeness (QED) is 0.614. The number of rotatable bonds is 7. The smallest absolute Gasteiger partial charge is 0.124 e. The van der Waals surface area contributed by atoms with Crippen molar-refractivity contribution in [1.82, 2.24) is 0 Å². The van der Waals surface area contributed by atoms with Gasteiger partial charge in [0.2, 0.25) is 0 Å². The fraction of sp³-hybridized carbons (Fsp3) is 0.529. The first kappa shape index (κ1) is 16.6. The molecule has 0 aliphatic rings. The van der Waals surface area contributed by atoms with Crippen molar-refractivity contribution < 1.29 is 14.6 Å². The second-order valence-electron chi connectivity index (χ2n) is 5.04. The van der Waals surface area contributed by atoms with Crippen LogP contribution < -0.4 is 4.74 Å². The molecule has 0 fully saturated rings. The molecule has 0 spiro atoms. The van der Waals surface area contributed by atoms with E-state index >= 15 is 0 Å². The van der Waals surface area contributed by atoms with E-state index in [4.69, 9.17) is 14.6 Å². The molecule has 110 valence electrons. The number of hydrogen-bond donors (Lipinski definition) is 1. The van der Waals surface area contributed by atoms with E-state index in [1.807, 2.05) is 18.2 Å². The summed E-state index contributed by atoms with van der Waals surface area (Å²) in [5.41, 5.74) is 1.92. The normalized spacial score (nSPS) is 10.2. The summed E-state index contributed by atoms with van der Waals surface area (Å²) >= 11 is 0. The largest absolute Gasteiger partial charge is 0.496 e. The Morgan fingerprint density at radius 2 is 2.10 bits per heavy atom. The Morgan fingerprint density at radius 3 is 2.75 bits per heavy atom. The van der Waals surface area contributed by atoms with Crippen LogP contribution >= 0.6 is 0 Å².